The van der Waals surface area contributed by atoms with Gasteiger partial charge in [0.05, 0.1) is 0 Å². The third kappa shape index (κ3) is 4.55. The van der Waals surface area contributed by atoms with E-state index in [-0.39, 0.29) is 17.7 Å². The first-order valence-electron chi connectivity index (χ1n) is 5.88. The summed E-state index contributed by atoms with van der Waals surface area (Å²) in [6, 6.07) is 5.93. The Balaban J connectivity index is 2.41. The van der Waals surface area contributed by atoms with Gasteiger partial charge < -0.3 is 15.6 Å². The smallest absolute Gasteiger partial charge is 0.349 e. The fourth-order valence-electron chi connectivity index (χ4n) is 1.45. The van der Waals surface area contributed by atoms with Crippen LogP contribution in [0.15, 0.2) is 24.3 Å². The van der Waals surface area contributed by atoms with Crippen molar-refractivity contribution in [3.05, 3.63) is 29.8 Å². The Bertz CT molecular complexity index is 417. The number of rotatable bonds is 6. The maximum atomic E-state index is 11.5. The molecule has 0 spiro atoms. The number of nitrogens with two attached hydrogens (primary N) is 1. The van der Waals surface area contributed by atoms with E-state index in [1.54, 1.807) is 12.1 Å². The Kier molecular flexibility index (Phi) is 5.87. The first-order chi connectivity index (χ1) is 8.65. The van der Waals surface area contributed by atoms with Crippen molar-refractivity contribution in [2.75, 3.05) is 6.54 Å². The molecule has 0 saturated carbocycles. The first kappa shape index (κ1) is 14.2. The molecule has 0 aliphatic carbocycles. The van der Waals surface area contributed by atoms with Gasteiger partial charge in [0.15, 0.2) is 0 Å². The molecule has 0 aromatic heterocycles. The molecule has 0 amide bonds. The summed E-state index contributed by atoms with van der Waals surface area (Å²) in [4.78, 5) is 22.9. The van der Waals surface area contributed by atoms with Crippen molar-refractivity contribution >= 4 is 11.9 Å². The molecule has 1 aromatic rings. The van der Waals surface area contributed by atoms with Gasteiger partial charge in [-0.05, 0) is 31.5 Å². The summed E-state index contributed by atoms with van der Waals surface area (Å²) in [5.41, 5.74) is 5.31. The number of hydrogen-bond acceptors (Lipinski definition) is 5. The van der Waals surface area contributed by atoms with Gasteiger partial charge >= 0.3 is 11.9 Å². The number of para-hydroxylation sites is 1. The first-order valence-corrected chi connectivity index (χ1v) is 5.88. The summed E-state index contributed by atoms with van der Waals surface area (Å²) in [6.45, 7) is 0.589. The number of phenols is 1. The molecule has 0 heterocycles. The van der Waals surface area contributed by atoms with Crippen LogP contribution in [0, 0.1) is 0 Å². The normalized spacial score (nSPS) is 10.1. The van der Waals surface area contributed by atoms with Crippen molar-refractivity contribution in [3.8, 4) is 5.75 Å². The van der Waals surface area contributed by atoms with E-state index in [2.05, 4.69) is 4.74 Å². The lowest BCUT2D eigenvalue weighted by Gasteiger charge is -2.04. The molecule has 0 aliphatic heterocycles. The van der Waals surface area contributed by atoms with Gasteiger partial charge in [-0.1, -0.05) is 18.6 Å². The van der Waals surface area contributed by atoms with Crippen LogP contribution in [-0.2, 0) is 9.53 Å². The Labute approximate surface area is 106 Å². The summed E-state index contributed by atoms with van der Waals surface area (Å²) >= 11 is 0. The van der Waals surface area contributed by atoms with E-state index >= 15 is 0 Å². The summed E-state index contributed by atoms with van der Waals surface area (Å²) in [5, 5.41) is 9.41. The average molecular weight is 251 g/mol. The minimum Gasteiger partial charge on any atom is -0.507 e. The molecular formula is C13H17NO4. The molecule has 0 fully saturated rings. The third-order valence-corrected chi connectivity index (χ3v) is 2.42. The minimum absolute atomic E-state index is 0.00666. The van der Waals surface area contributed by atoms with Crippen molar-refractivity contribution in [2.45, 2.75) is 25.7 Å². The highest BCUT2D eigenvalue weighted by Crippen LogP contribution is 2.16. The second kappa shape index (κ2) is 7.45. The number of aromatic hydroxyl groups is 1. The van der Waals surface area contributed by atoms with Crippen LogP contribution < -0.4 is 5.73 Å². The second-order valence-electron chi connectivity index (χ2n) is 3.88. The highest BCUT2D eigenvalue weighted by Gasteiger charge is 2.15. The molecule has 5 heteroatoms. The Morgan fingerprint density at radius 3 is 2.56 bits per heavy atom. The molecule has 0 aliphatic rings. The molecule has 0 unspecified atom stereocenters. The largest absolute Gasteiger partial charge is 0.507 e. The van der Waals surface area contributed by atoms with Crippen LogP contribution in [0.3, 0.4) is 0 Å². The predicted octanol–water partition coefficient (Wildman–Crippen LogP) is 1.59. The molecular weight excluding hydrogens is 234 g/mol. The number of carbonyl (C=O) groups is 2. The fourth-order valence-corrected chi connectivity index (χ4v) is 1.45. The summed E-state index contributed by atoms with van der Waals surface area (Å²) in [6.07, 6.45) is 2.50. The number of hydrogen-bond donors (Lipinski definition) is 2. The van der Waals surface area contributed by atoms with Crippen LogP contribution >= 0.6 is 0 Å². The molecule has 5 nitrogen and oxygen atoms in total. The van der Waals surface area contributed by atoms with Gasteiger partial charge in [0.1, 0.15) is 11.3 Å². The van der Waals surface area contributed by atoms with Gasteiger partial charge in [-0.15, -0.1) is 0 Å². The van der Waals surface area contributed by atoms with Crippen LogP contribution in [-0.4, -0.2) is 23.6 Å². The van der Waals surface area contributed by atoms with Gasteiger partial charge in [0.25, 0.3) is 0 Å². The van der Waals surface area contributed by atoms with Gasteiger partial charge in [-0.2, -0.15) is 0 Å². The van der Waals surface area contributed by atoms with E-state index in [4.69, 9.17) is 5.73 Å². The van der Waals surface area contributed by atoms with Crippen LogP contribution in [0.4, 0.5) is 0 Å². The van der Waals surface area contributed by atoms with Crippen LogP contribution in [0.2, 0.25) is 0 Å². The number of phenolic OH excluding ortho intramolecular Hbond substituents is 1. The maximum Gasteiger partial charge on any atom is 0.349 e. The zero-order valence-corrected chi connectivity index (χ0v) is 10.1. The van der Waals surface area contributed by atoms with E-state index in [1.165, 1.54) is 12.1 Å². The van der Waals surface area contributed by atoms with Crippen molar-refractivity contribution in [2.24, 2.45) is 5.73 Å². The lowest BCUT2D eigenvalue weighted by atomic mass is 10.2. The molecule has 3 N–H and O–H groups in total. The number of unbranched alkanes of at least 4 members (excludes halogenated alkanes) is 2. The Morgan fingerprint density at radius 1 is 1.17 bits per heavy atom. The monoisotopic (exact) mass is 251 g/mol. The van der Waals surface area contributed by atoms with Gasteiger partial charge in [-0.3, -0.25) is 4.79 Å². The lowest BCUT2D eigenvalue weighted by molar-refractivity contribution is -0.138. The zero-order valence-electron chi connectivity index (χ0n) is 10.1. The van der Waals surface area contributed by atoms with Crippen LogP contribution in [0.1, 0.15) is 36.0 Å². The minimum atomic E-state index is -0.822. The standard InChI is InChI=1S/C13H17NO4/c14-9-5-1-2-8-12(16)18-13(17)10-6-3-4-7-11(10)15/h3-4,6-7,15H,1-2,5,8-9,14H2. The van der Waals surface area contributed by atoms with E-state index in [0.717, 1.165) is 12.8 Å². The molecule has 0 saturated heterocycles. The molecule has 0 atom stereocenters. The number of carbonyl (C=O) groups excluding carboxylic acids is 2. The van der Waals surface area contributed by atoms with Gasteiger partial charge in [0.2, 0.25) is 0 Å². The number of ether oxygens (including phenoxy) is 1. The Morgan fingerprint density at radius 2 is 1.89 bits per heavy atom. The molecule has 98 valence electrons. The molecule has 1 aromatic carbocycles. The predicted molar refractivity (Wildman–Crippen MR) is 66.1 cm³/mol. The quantitative estimate of drug-likeness (QED) is 0.455. The second-order valence-corrected chi connectivity index (χ2v) is 3.88. The molecule has 18 heavy (non-hydrogen) atoms. The van der Waals surface area contributed by atoms with Gasteiger partial charge in [-0.25, -0.2) is 4.79 Å². The average Bonchev–Trinajstić information content (AvgIpc) is 2.35. The van der Waals surface area contributed by atoms with E-state index < -0.39 is 11.9 Å². The third-order valence-electron chi connectivity index (χ3n) is 2.42. The number of esters is 2. The van der Waals surface area contributed by atoms with Crippen molar-refractivity contribution < 1.29 is 19.4 Å². The van der Waals surface area contributed by atoms with E-state index in [9.17, 15) is 14.7 Å². The summed E-state index contributed by atoms with van der Waals surface area (Å²) in [5.74, 6) is -1.60. The summed E-state index contributed by atoms with van der Waals surface area (Å²) in [7, 11) is 0. The van der Waals surface area contributed by atoms with Crippen LogP contribution in [0.25, 0.3) is 0 Å². The van der Waals surface area contributed by atoms with E-state index in [0.29, 0.717) is 13.0 Å². The topological polar surface area (TPSA) is 89.6 Å². The zero-order chi connectivity index (χ0) is 13.4. The molecule has 0 bridgehead atoms. The van der Waals surface area contributed by atoms with E-state index in [1.807, 2.05) is 0 Å². The fraction of sp³-hybridized carbons (Fsp3) is 0.385. The lowest BCUT2D eigenvalue weighted by Crippen LogP contribution is -2.12. The number of benzene rings is 1. The Hall–Kier alpha value is -1.88. The van der Waals surface area contributed by atoms with Crippen molar-refractivity contribution in [3.63, 3.8) is 0 Å². The molecule has 1 rings (SSSR count). The maximum absolute atomic E-state index is 11.5. The summed E-state index contributed by atoms with van der Waals surface area (Å²) < 4.78 is 4.63. The SMILES string of the molecule is NCCCCCC(=O)OC(=O)c1ccccc1O. The highest BCUT2D eigenvalue weighted by molar-refractivity contribution is 5.98. The van der Waals surface area contributed by atoms with Crippen LogP contribution in [0.5, 0.6) is 5.75 Å². The van der Waals surface area contributed by atoms with Gasteiger partial charge in [0, 0.05) is 6.42 Å². The highest BCUT2D eigenvalue weighted by atomic mass is 16.6. The van der Waals surface area contributed by atoms with Crippen molar-refractivity contribution in [1.82, 2.24) is 0 Å². The molecule has 0 radical (unpaired) electrons. The van der Waals surface area contributed by atoms with Crippen molar-refractivity contribution in [1.29, 1.82) is 0 Å².